The van der Waals surface area contributed by atoms with Gasteiger partial charge in [-0.15, -0.1) is 0 Å². The molecule has 2 nitrogen and oxygen atoms in total. The van der Waals surface area contributed by atoms with Crippen LogP contribution in [0, 0.1) is 10.5 Å². The monoisotopic (exact) mass is 325 g/mol. The van der Waals surface area contributed by atoms with E-state index in [1.807, 2.05) is 49.4 Å². The van der Waals surface area contributed by atoms with Crippen LogP contribution in [0.3, 0.4) is 0 Å². The Bertz CT molecular complexity index is 491. The van der Waals surface area contributed by atoms with E-state index in [0.29, 0.717) is 0 Å². The van der Waals surface area contributed by atoms with E-state index in [0.717, 1.165) is 26.3 Å². The maximum Gasteiger partial charge on any atom is 0.140 e. The first-order chi connectivity index (χ1) is 7.65. The van der Waals surface area contributed by atoms with Crippen LogP contribution in [0.5, 0.6) is 11.5 Å². The fourth-order valence-corrected chi connectivity index (χ4v) is 1.99. The summed E-state index contributed by atoms with van der Waals surface area (Å²) in [6, 6.07) is 13.6. The molecule has 16 heavy (non-hydrogen) atoms. The van der Waals surface area contributed by atoms with Gasteiger partial charge in [0.15, 0.2) is 0 Å². The fourth-order valence-electron chi connectivity index (χ4n) is 1.49. The van der Waals surface area contributed by atoms with E-state index in [9.17, 15) is 0 Å². The molecule has 2 aromatic rings. The van der Waals surface area contributed by atoms with Crippen LogP contribution in [0.4, 0.5) is 5.69 Å². The van der Waals surface area contributed by atoms with Gasteiger partial charge in [-0.1, -0.05) is 12.1 Å². The standard InChI is InChI=1S/C13H12INO/c1-9-6-10(15)8-11(7-9)16-13-5-3-2-4-12(13)14/h2-8H,15H2,1H3. The van der Waals surface area contributed by atoms with Gasteiger partial charge in [-0.3, -0.25) is 0 Å². The molecule has 0 atom stereocenters. The first-order valence-corrected chi connectivity index (χ1v) is 6.02. The third kappa shape index (κ3) is 2.66. The SMILES string of the molecule is Cc1cc(N)cc(Oc2ccccc2I)c1. The van der Waals surface area contributed by atoms with Gasteiger partial charge in [0.05, 0.1) is 3.57 Å². The molecule has 0 radical (unpaired) electrons. The van der Waals surface area contributed by atoms with E-state index in [4.69, 9.17) is 10.5 Å². The number of benzene rings is 2. The molecule has 2 rings (SSSR count). The summed E-state index contributed by atoms with van der Waals surface area (Å²) in [4.78, 5) is 0. The number of para-hydroxylation sites is 1. The number of aryl methyl sites for hydroxylation is 1. The number of hydrogen-bond donors (Lipinski definition) is 1. The molecular weight excluding hydrogens is 313 g/mol. The Morgan fingerprint density at radius 1 is 1.12 bits per heavy atom. The Labute approximate surface area is 109 Å². The summed E-state index contributed by atoms with van der Waals surface area (Å²) >= 11 is 2.25. The smallest absolute Gasteiger partial charge is 0.140 e. The van der Waals surface area contributed by atoms with E-state index < -0.39 is 0 Å². The summed E-state index contributed by atoms with van der Waals surface area (Å²) in [7, 11) is 0. The molecule has 3 heteroatoms. The van der Waals surface area contributed by atoms with Gasteiger partial charge in [-0.05, 0) is 59.3 Å². The van der Waals surface area contributed by atoms with Gasteiger partial charge in [-0.25, -0.2) is 0 Å². The molecule has 2 N–H and O–H groups in total. The molecular formula is C13H12INO. The molecule has 0 aliphatic heterocycles. The molecule has 0 amide bonds. The quantitative estimate of drug-likeness (QED) is 0.670. The van der Waals surface area contributed by atoms with Gasteiger partial charge >= 0.3 is 0 Å². The predicted molar refractivity (Wildman–Crippen MR) is 74.8 cm³/mol. The van der Waals surface area contributed by atoms with Crippen molar-refractivity contribution in [1.29, 1.82) is 0 Å². The number of rotatable bonds is 2. The number of nitrogen functional groups attached to an aromatic ring is 1. The Hall–Kier alpha value is -1.23. The first-order valence-electron chi connectivity index (χ1n) is 4.95. The van der Waals surface area contributed by atoms with Crippen LogP contribution < -0.4 is 10.5 Å². The summed E-state index contributed by atoms with van der Waals surface area (Å²) in [5.41, 5.74) is 7.59. The summed E-state index contributed by atoms with van der Waals surface area (Å²) in [5.74, 6) is 1.63. The Morgan fingerprint density at radius 3 is 2.56 bits per heavy atom. The molecule has 0 spiro atoms. The van der Waals surface area contributed by atoms with Crippen molar-refractivity contribution in [1.82, 2.24) is 0 Å². The van der Waals surface area contributed by atoms with E-state index in [1.54, 1.807) is 0 Å². The van der Waals surface area contributed by atoms with Crippen LogP contribution in [0.2, 0.25) is 0 Å². The van der Waals surface area contributed by atoms with E-state index in [1.165, 1.54) is 0 Å². The maximum atomic E-state index is 5.78. The van der Waals surface area contributed by atoms with Crippen LogP contribution >= 0.6 is 22.6 Å². The lowest BCUT2D eigenvalue weighted by atomic mass is 10.2. The van der Waals surface area contributed by atoms with Crippen molar-refractivity contribution in [2.75, 3.05) is 5.73 Å². The average Bonchev–Trinajstić information content (AvgIpc) is 2.20. The maximum absolute atomic E-state index is 5.78. The summed E-state index contributed by atoms with van der Waals surface area (Å²) in [6.07, 6.45) is 0. The van der Waals surface area contributed by atoms with Gasteiger partial charge < -0.3 is 10.5 Å². The molecule has 0 aliphatic carbocycles. The third-order valence-corrected chi connectivity index (χ3v) is 3.03. The zero-order valence-corrected chi connectivity index (χ0v) is 11.1. The van der Waals surface area contributed by atoms with Crippen LogP contribution in [0.25, 0.3) is 0 Å². The topological polar surface area (TPSA) is 35.2 Å². The number of ether oxygens (including phenoxy) is 1. The molecule has 0 heterocycles. The van der Waals surface area contributed by atoms with Gasteiger partial charge in [0, 0.05) is 11.8 Å². The summed E-state index contributed by atoms with van der Waals surface area (Å²) < 4.78 is 6.87. The number of halogens is 1. The molecule has 0 saturated carbocycles. The zero-order valence-electron chi connectivity index (χ0n) is 8.91. The van der Waals surface area contributed by atoms with Crippen LogP contribution in [-0.2, 0) is 0 Å². The molecule has 0 fully saturated rings. The summed E-state index contributed by atoms with van der Waals surface area (Å²) in [5, 5.41) is 0. The minimum atomic E-state index is 0.723. The van der Waals surface area contributed by atoms with Crippen LogP contribution in [-0.4, -0.2) is 0 Å². The number of anilines is 1. The number of nitrogens with two attached hydrogens (primary N) is 1. The van der Waals surface area contributed by atoms with E-state index in [2.05, 4.69) is 22.6 Å². The lowest BCUT2D eigenvalue weighted by Crippen LogP contribution is -1.91. The second kappa shape index (κ2) is 4.74. The second-order valence-corrected chi connectivity index (χ2v) is 4.77. The van der Waals surface area contributed by atoms with Crippen molar-refractivity contribution in [3.8, 4) is 11.5 Å². The Morgan fingerprint density at radius 2 is 1.88 bits per heavy atom. The van der Waals surface area contributed by atoms with Gasteiger partial charge in [0.2, 0.25) is 0 Å². The van der Waals surface area contributed by atoms with E-state index in [-0.39, 0.29) is 0 Å². The average molecular weight is 325 g/mol. The van der Waals surface area contributed by atoms with Crippen molar-refractivity contribution in [2.45, 2.75) is 6.92 Å². The normalized spacial score (nSPS) is 10.1. The van der Waals surface area contributed by atoms with Gasteiger partial charge in [-0.2, -0.15) is 0 Å². The minimum Gasteiger partial charge on any atom is -0.456 e. The van der Waals surface area contributed by atoms with E-state index >= 15 is 0 Å². The molecule has 0 aromatic heterocycles. The highest BCUT2D eigenvalue weighted by atomic mass is 127. The molecule has 0 aliphatic rings. The second-order valence-electron chi connectivity index (χ2n) is 3.61. The highest BCUT2D eigenvalue weighted by molar-refractivity contribution is 14.1. The minimum absolute atomic E-state index is 0.723. The van der Waals surface area contributed by atoms with Gasteiger partial charge in [0.1, 0.15) is 11.5 Å². The van der Waals surface area contributed by atoms with Crippen LogP contribution in [0.15, 0.2) is 42.5 Å². The van der Waals surface area contributed by atoms with Crippen molar-refractivity contribution in [3.05, 3.63) is 51.6 Å². The Balaban J connectivity index is 2.30. The lowest BCUT2D eigenvalue weighted by Gasteiger charge is -2.09. The van der Waals surface area contributed by atoms with Gasteiger partial charge in [0.25, 0.3) is 0 Å². The number of hydrogen-bond acceptors (Lipinski definition) is 2. The molecule has 0 bridgehead atoms. The Kier molecular flexibility index (Phi) is 3.33. The summed E-state index contributed by atoms with van der Waals surface area (Å²) in [6.45, 7) is 2.00. The molecule has 82 valence electrons. The zero-order chi connectivity index (χ0) is 11.5. The predicted octanol–water partition coefficient (Wildman–Crippen LogP) is 3.97. The van der Waals surface area contributed by atoms with Crippen molar-refractivity contribution in [3.63, 3.8) is 0 Å². The third-order valence-electron chi connectivity index (χ3n) is 2.14. The van der Waals surface area contributed by atoms with Crippen molar-refractivity contribution < 1.29 is 4.74 Å². The van der Waals surface area contributed by atoms with Crippen LogP contribution in [0.1, 0.15) is 5.56 Å². The van der Waals surface area contributed by atoms with Crippen molar-refractivity contribution >= 4 is 28.3 Å². The first kappa shape index (κ1) is 11.3. The molecule has 0 unspecified atom stereocenters. The molecule has 2 aromatic carbocycles. The lowest BCUT2D eigenvalue weighted by molar-refractivity contribution is 0.479. The van der Waals surface area contributed by atoms with Crippen molar-refractivity contribution in [2.24, 2.45) is 0 Å². The highest BCUT2D eigenvalue weighted by Gasteiger charge is 2.02. The molecule has 0 saturated heterocycles. The largest absolute Gasteiger partial charge is 0.456 e. The fraction of sp³-hybridized carbons (Fsp3) is 0.0769. The highest BCUT2D eigenvalue weighted by Crippen LogP contribution is 2.28.